The molecule has 35 heavy (non-hydrogen) atoms. The minimum Gasteiger partial charge on any atom is -0.496 e. The molecule has 0 unspecified atom stereocenters. The van der Waals surface area contributed by atoms with Crippen molar-refractivity contribution in [2.45, 2.75) is 31.3 Å². The number of carbonyl (C=O) groups is 3. The Bertz CT molecular complexity index is 1130. The summed E-state index contributed by atoms with van der Waals surface area (Å²) < 4.78 is 5.39. The fourth-order valence-corrected chi connectivity index (χ4v) is 5.67. The standard InChI is InChI=1S/C25H35N5O4S/c1-30(25(33)20-13-18-19(29-20)9-6-10-22(18)34-2)21(15-35(3,4)5)24(32)28-17(14-26)12-16-8-7-11-27-23(16)31/h6,9-10,13,16-17,21,29H,7-8,11-12,15H2,1-5H3,(H,27,31)(H,28,32)/t16-,17-,21-/m0/s1. The molecule has 0 aliphatic carbocycles. The molecule has 0 bridgehead atoms. The Kier molecular flexibility index (Phi) is 8.33. The van der Waals surface area contributed by atoms with E-state index in [1.54, 1.807) is 20.2 Å². The van der Waals surface area contributed by atoms with E-state index in [1.807, 2.05) is 18.2 Å². The molecule has 1 aliphatic heterocycles. The van der Waals surface area contributed by atoms with Crippen LogP contribution in [0.15, 0.2) is 24.3 Å². The number of methoxy groups -OCH3 is 1. The Morgan fingerprint density at radius 3 is 2.71 bits per heavy atom. The number of benzene rings is 1. The van der Waals surface area contributed by atoms with Crippen molar-refractivity contribution in [1.82, 2.24) is 20.5 Å². The number of carbonyl (C=O) groups excluding carboxylic acids is 3. The molecule has 0 saturated carbocycles. The average Bonchev–Trinajstić information content (AvgIpc) is 3.26. The fraction of sp³-hybridized carbons (Fsp3) is 0.520. The van der Waals surface area contributed by atoms with E-state index in [-0.39, 0.29) is 30.1 Å². The SMILES string of the molecule is COc1cccc2[nH]c(C(=O)N(C)[C@@H](CS(C)(C)C)C(=O)N[C@H](C#N)C[C@@H]3CCCNC3=O)cc12. The average molecular weight is 502 g/mol. The van der Waals surface area contributed by atoms with Crippen LogP contribution in [-0.2, 0) is 9.59 Å². The van der Waals surface area contributed by atoms with E-state index in [0.717, 1.165) is 17.3 Å². The maximum atomic E-state index is 13.4. The quantitative estimate of drug-likeness (QED) is 0.486. The molecule has 10 heteroatoms. The number of nitrogens with zero attached hydrogens (tertiary/aromatic N) is 2. The zero-order valence-electron chi connectivity index (χ0n) is 21.0. The Morgan fingerprint density at radius 1 is 1.34 bits per heavy atom. The number of amides is 3. The van der Waals surface area contributed by atoms with Crippen LogP contribution < -0.4 is 15.4 Å². The lowest BCUT2D eigenvalue weighted by Gasteiger charge is -2.35. The Balaban J connectivity index is 1.80. The maximum absolute atomic E-state index is 13.4. The first kappa shape index (κ1) is 26.4. The largest absolute Gasteiger partial charge is 0.496 e. The number of likely N-dealkylation sites (N-methyl/N-ethyl adjacent to an activating group) is 1. The molecule has 1 aromatic heterocycles. The number of rotatable bonds is 9. The first-order valence-corrected chi connectivity index (χ1v) is 14.6. The third-order valence-electron chi connectivity index (χ3n) is 6.21. The van der Waals surface area contributed by atoms with Crippen LogP contribution in [0.1, 0.15) is 29.8 Å². The van der Waals surface area contributed by atoms with E-state index in [0.29, 0.717) is 30.2 Å². The van der Waals surface area contributed by atoms with E-state index < -0.39 is 22.1 Å². The van der Waals surface area contributed by atoms with Crippen LogP contribution in [0.25, 0.3) is 10.9 Å². The van der Waals surface area contributed by atoms with Crippen LogP contribution in [0.2, 0.25) is 0 Å². The number of hydrogen-bond donors (Lipinski definition) is 3. The third-order valence-corrected chi connectivity index (χ3v) is 7.53. The van der Waals surface area contributed by atoms with Gasteiger partial charge >= 0.3 is 0 Å². The normalized spacial score (nSPS) is 18.2. The number of nitriles is 1. The number of fused-ring (bicyclic) bond motifs is 1. The molecule has 3 atom stereocenters. The summed E-state index contributed by atoms with van der Waals surface area (Å²) in [6.07, 6.45) is 8.03. The zero-order chi connectivity index (χ0) is 25.8. The predicted octanol–water partition coefficient (Wildman–Crippen LogP) is 2.24. The second-order valence-electron chi connectivity index (χ2n) is 9.85. The van der Waals surface area contributed by atoms with Crippen LogP contribution >= 0.6 is 10.0 Å². The molecule has 3 N–H and O–H groups in total. The lowest BCUT2D eigenvalue weighted by atomic mass is 9.92. The van der Waals surface area contributed by atoms with Gasteiger partial charge in [-0.2, -0.15) is 5.26 Å². The molecular weight excluding hydrogens is 466 g/mol. The van der Waals surface area contributed by atoms with Gasteiger partial charge in [-0.25, -0.2) is 10.0 Å². The van der Waals surface area contributed by atoms with Crippen molar-refractivity contribution in [1.29, 1.82) is 5.26 Å². The maximum Gasteiger partial charge on any atom is 0.270 e. The molecule has 2 aromatic rings. The second-order valence-corrected chi connectivity index (χ2v) is 14.4. The van der Waals surface area contributed by atoms with Gasteiger partial charge in [0.25, 0.3) is 5.91 Å². The monoisotopic (exact) mass is 501 g/mol. The second kappa shape index (κ2) is 11.0. The lowest BCUT2D eigenvalue weighted by Crippen LogP contribution is -2.53. The van der Waals surface area contributed by atoms with E-state index >= 15 is 0 Å². The minimum atomic E-state index is -1.17. The highest BCUT2D eigenvalue weighted by molar-refractivity contribution is 8.32. The lowest BCUT2D eigenvalue weighted by molar-refractivity contribution is -0.128. The van der Waals surface area contributed by atoms with Crippen molar-refractivity contribution < 1.29 is 19.1 Å². The van der Waals surface area contributed by atoms with Crippen molar-refractivity contribution in [3.05, 3.63) is 30.0 Å². The van der Waals surface area contributed by atoms with Gasteiger partial charge in [0, 0.05) is 36.2 Å². The highest BCUT2D eigenvalue weighted by Crippen LogP contribution is 2.36. The number of ether oxygens (including phenoxy) is 1. The molecule has 1 saturated heterocycles. The summed E-state index contributed by atoms with van der Waals surface area (Å²) in [5, 5.41) is 16.1. The van der Waals surface area contributed by atoms with Gasteiger partial charge in [-0.15, -0.1) is 0 Å². The Hall–Kier alpha value is -3.19. The number of nitrogens with one attached hydrogen (secondary N) is 3. The van der Waals surface area contributed by atoms with E-state index in [1.165, 1.54) is 4.90 Å². The highest BCUT2D eigenvalue weighted by Gasteiger charge is 2.33. The molecule has 0 spiro atoms. The summed E-state index contributed by atoms with van der Waals surface area (Å²) in [6, 6.07) is 7.79. The number of piperidine rings is 1. The Morgan fingerprint density at radius 2 is 2.09 bits per heavy atom. The van der Waals surface area contributed by atoms with Crippen molar-refractivity contribution in [3.63, 3.8) is 0 Å². The van der Waals surface area contributed by atoms with Gasteiger partial charge in [0.15, 0.2) is 0 Å². The van der Waals surface area contributed by atoms with Crippen molar-refractivity contribution in [3.8, 4) is 11.8 Å². The van der Waals surface area contributed by atoms with Gasteiger partial charge in [-0.1, -0.05) is 6.07 Å². The van der Waals surface area contributed by atoms with E-state index in [4.69, 9.17) is 4.74 Å². The molecule has 1 aliphatic rings. The van der Waals surface area contributed by atoms with Crippen LogP contribution in [0.4, 0.5) is 0 Å². The predicted molar refractivity (Wildman–Crippen MR) is 139 cm³/mol. The van der Waals surface area contributed by atoms with Crippen LogP contribution in [0.3, 0.4) is 0 Å². The van der Waals surface area contributed by atoms with Crippen molar-refractivity contribution in [2.24, 2.45) is 5.92 Å². The molecule has 2 heterocycles. The van der Waals surface area contributed by atoms with Gasteiger partial charge in [0.1, 0.15) is 23.5 Å². The molecule has 1 aromatic carbocycles. The molecule has 190 valence electrons. The molecule has 9 nitrogen and oxygen atoms in total. The Labute approximate surface area is 207 Å². The summed E-state index contributed by atoms with van der Waals surface area (Å²) in [5.41, 5.74) is 1.11. The molecule has 3 amide bonds. The van der Waals surface area contributed by atoms with Crippen LogP contribution in [0.5, 0.6) is 5.75 Å². The summed E-state index contributed by atoms with van der Waals surface area (Å²) >= 11 is 0. The van der Waals surface area contributed by atoms with E-state index in [9.17, 15) is 19.6 Å². The van der Waals surface area contributed by atoms with Gasteiger partial charge in [0.2, 0.25) is 11.8 Å². The molecular formula is C25H35N5O4S. The molecule has 0 radical (unpaired) electrons. The molecule has 1 fully saturated rings. The summed E-state index contributed by atoms with van der Waals surface area (Å²) in [4.78, 5) is 43.5. The van der Waals surface area contributed by atoms with Gasteiger partial charge < -0.3 is 25.3 Å². The smallest absolute Gasteiger partial charge is 0.270 e. The third kappa shape index (κ3) is 6.48. The topological polar surface area (TPSA) is 127 Å². The van der Waals surface area contributed by atoms with Crippen molar-refractivity contribution >= 4 is 38.7 Å². The fourth-order valence-electron chi connectivity index (χ4n) is 4.35. The first-order valence-electron chi connectivity index (χ1n) is 11.6. The summed E-state index contributed by atoms with van der Waals surface area (Å²) in [5.74, 6) is 0.0284. The van der Waals surface area contributed by atoms with Crippen LogP contribution in [-0.4, -0.2) is 84.9 Å². The highest BCUT2D eigenvalue weighted by atomic mass is 32.3. The van der Waals surface area contributed by atoms with Crippen molar-refractivity contribution in [2.75, 3.05) is 45.2 Å². The van der Waals surface area contributed by atoms with Gasteiger partial charge in [-0.05, 0) is 56.2 Å². The minimum absolute atomic E-state index is 0.0806. The van der Waals surface area contributed by atoms with Crippen LogP contribution in [0, 0.1) is 17.2 Å². The molecule has 3 rings (SSSR count). The number of H-pyrrole nitrogens is 1. The first-order chi connectivity index (χ1) is 16.5. The number of aromatic amines is 1. The van der Waals surface area contributed by atoms with E-state index in [2.05, 4.69) is 40.5 Å². The van der Waals surface area contributed by atoms with Gasteiger partial charge in [-0.3, -0.25) is 14.4 Å². The zero-order valence-corrected chi connectivity index (χ0v) is 21.8. The summed E-state index contributed by atoms with van der Waals surface area (Å²) in [6.45, 7) is 0.641. The van der Waals surface area contributed by atoms with Gasteiger partial charge in [0.05, 0.1) is 13.2 Å². The number of hydrogen-bond acceptors (Lipinski definition) is 5. The summed E-state index contributed by atoms with van der Waals surface area (Å²) in [7, 11) is 2.01. The number of aromatic nitrogens is 1.